The van der Waals surface area contributed by atoms with Gasteiger partial charge in [0.2, 0.25) is 0 Å². The molecule has 0 bridgehead atoms. The average Bonchev–Trinajstić information content (AvgIpc) is 2.42. The molecule has 5 heteroatoms. The Morgan fingerprint density at radius 2 is 2.05 bits per heavy atom. The Labute approximate surface area is 131 Å². The lowest BCUT2D eigenvalue weighted by molar-refractivity contribution is 0.779. The molecule has 1 N–H and O–H groups in total. The molecule has 3 unspecified atom stereocenters. The Balaban J connectivity index is 2.25. The highest BCUT2D eigenvalue weighted by atomic mass is 32.2. The molecular formula is C15H25N3S2. The maximum Gasteiger partial charge on any atom is 0.144 e. The summed E-state index contributed by atoms with van der Waals surface area (Å²) in [5, 5.41) is 5.13. The van der Waals surface area contributed by atoms with Gasteiger partial charge in [0.15, 0.2) is 0 Å². The van der Waals surface area contributed by atoms with Crippen LogP contribution < -0.4 is 5.32 Å². The van der Waals surface area contributed by atoms with Crippen molar-refractivity contribution in [3.8, 4) is 0 Å². The molecule has 1 aromatic heterocycles. The van der Waals surface area contributed by atoms with E-state index in [1.807, 2.05) is 23.5 Å². The summed E-state index contributed by atoms with van der Waals surface area (Å²) >= 11 is 4.06. The second-order valence-electron chi connectivity index (χ2n) is 5.59. The van der Waals surface area contributed by atoms with Crippen molar-refractivity contribution in [2.75, 3.05) is 17.6 Å². The van der Waals surface area contributed by atoms with Crippen molar-refractivity contribution < 1.29 is 0 Å². The van der Waals surface area contributed by atoms with Gasteiger partial charge in [0.1, 0.15) is 11.6 Å². The Kier molecular flexibility index (Phi) is 5.61. The summed E-state index contributed by atoms with van der Waals surface area (Å²) in [7, 11) is 0. The van der Waals surface area contributed by atoms with Crippen LogP contribution in [0, 0.1) is 0 Å². The van der Waals surface area contributed by atoms with Crippen LogP contribution in [0.15, 0.2) is 6.07 Å². The SMILES string of the molecule is CCNc1cc(C(C)C)nc(C2CSC(C)C(C)S2)n1. The zero-order chi connectivity index (χ0) is 14.7. The highest BCUT2D eigenvalue weighted by Gasteiger charge is 2.29. The molecule has 0 spiro atoms. The fourth-order valence-electron chi connectivity index (χ4n) is 2.12. The van der Waals surface area contributed by atoms with Gasteiger partial charge in [0, 0.05) is 34.6 Å². The normalized spacial score (nSPS) is 26.8. The minimum atomic E-state index is 0.419. The molecule has 2 rings (SSSR count). The quantitative estimate of drug-likeness (QED) is 0.896. The zero-order valence-corrected chi connectivity index (χ0v) is 14.6. The van der Waals surface area contributed by atoms with Crippen molar-refractivity contribution in [1.29, 1.82) is 0 Å². The molecule has 1 aliphatic heterocycles. The summed E-state index contributed by atoms with van der Waals surface area (Å²) in [6, 6.07) is 2.09. The van der Waals surface area contributed by atoms with Crippen molar-refractivity contribution in [2.45, 2.75) is 56.3 Å². The third kappa shape index (κ3) is 3.82. The lowest BCUT2D eigenvalue weighted by Crippen LogP contribution is -2.23. The van der Waals surface area contributed by atoms with Gasteiger partial charge in [-0.15, -0.1) is 11.8 Å². The Bertz CT molecular complexity index is 451. The molecule has 1 fully saturated rings. The summed E-state index contributed by atoms with van der Waals surface area (Å²) in [5.74, 6) is 3.52. The lowest BCUT2D eigenvalue weighted by Gasteiger charge is -2.30. The van der Waals surface area contributed by atoms with Crippen molar-refractivity contribution in [1.82, 2.24) is 9.97 Å². The van der Waals surface area contributed by atoms with Crippen LogP contribution in [-0.4, -0.2) is 32.8 Å². The Morgan fingerprint density at radius 3 is 2.65 bits per heavy atom. The predicted molar refractivity (Wildman–Crippen MR) is 92.0 cm³/mol. The number of hydrogen-bond donors (Lipinski definition) is 1. The minimum absolute atomic E-state index is 0.419. The molecule has 1 saturated heterocycles. The molecular weight excluding hydrogens is 286 g/mol. The highest BCUT2D eigenvalue weighted by molar-refractivity contribution is 8.07. The average molecular weight is 312 g/mol. The molecule has 112 valence electrons. The van der Waals surface area contributed by atoms with Gasteiger partial charge in [-0.3, -0.25) is 0 Å². The minimum Gasteiger partial charge on any atom is -0.370 e. The third-order valence-electron chi connectivity index (χ3n) is 3.55. The molecule has 3 nitrogen and oxygen atoms in total. The van der Waals surface area contributed by atoms with Crippen LogP contribution in [0.25, 0.3) is 0 Å². The first kappa shape index (κ1) is 16.0. The second kappa shape index (κ2) is 7.03. The molecule has 2 heterocycles. The monoisotopic (exact) mass is 311 g/mol. The molecule has 0 aromatic carbocycles. The molecule has 0 aliphatic carbocycles. The van der Waals surface area contributed by atoms with Crippen LogP contribution in [0.4, 0.5) is 5.82 Å². The number of rotatable bonds is 4. The predicted octanol–water partition coefficient (Wildman–Crippen LogP) is 4.33. The third-order valence-corrected chi connectivity index (χ3v) is 6.94. The van der Waals surface area contributed by atoms with E-state index in [0.29, 0.717) is 16.4 Å². The van der Waals surface area contributed by atoms with Crippen LogP contribution in [0.1, 0.15) is 57.3 Å². The number of nitrogens with one attached hydrogen (secondary N) is 1. The number of thioether (sulfide) groups is 2. The van der Waals surface area contributed by atoms with Crippen molar-refractivity contribution in [3.63, 3.8) is 0 Å². The maximum atomic E-state index is 4.81. The van der Waals surface area contributed by atoms with E-state index in [1.165, 1.54) is 0 Å². The van der Waals surface area contributed by atoms with E-state index in [-0.39, 0.29) is 0 Å². The maximum absolute atomic E-state index is 4.81. The lowest BCUT2D eigenvalue weighted by atomic mass is 10.1. The van der Waals surface area contributed by atoms with Crippen molar-refractivity contribution in [3.05, 3.63) is 17.6 Å². The number of anilines is 1. The van der Waals surface area contributed by atoms with Crippen LogP contribution in [-0.2, 0) is 0 Å². The van der Waals surface area contributed by atoms with E-state index in [2.05, 4.69) is 46.0 Å². The molecule has 0 amide bonds. The number of hydrogen-bond acceptors (Lipinski definition) is 5. The summed E-state index contributed by atoms with van der Waals surface area (Å²) in [5.41, 5.74) is 1.14. The number of nitrogens with zero attached hydrogens (tertiary/aromatic N) is 2. The van der Waals surface area contributed by atoms with Gasteiger partial charge in [0.05, 0.1) is 5.25 Å². The molecule has 3 atom stereocenters. The van der Waals surface area contributed by atoms with E-state index in [4.69, 9.17) is 9.97 Å². The Hall–Kier alpha value is -0.420. The summed E-state index contributed by atoms with van der Waals surface area (Å²) in [6.07, 6.45) is 0. The topological polar surface area (TPSA) is 37.8 Å². The summed E-state index contributed by atoms with van der Waals surface area (Å²) in [6.45, 7) is 12.0. The standard InChI is InChI=1S/C15H25N3S2/c1-6-16-14-7-12(9(2)3)17-15(18-14)13-8-19-10(4)11(5)20-13/h7,9-11,13H,6,8H2,1-5H3,(H,16,17,18). The first-order valence-corrected chi connectivity index (χ1v) is 9.40. The fraction of sp³-hybridized carbons (Fsp3) is 0.733. The molecule has 1 aliphatic rings. The van der Waals surface area contributed by atoms with Gasteiger partial charge in [-0.25, -0.2) is 9.97 Å². The number of aromatic nitrogens is 2. The Morgan fingerprint density at radius 1 is 1.30 bits per heavy atom. The van der Waals surface area contributed by atoms with Gasteiger partial charge in [-0.05, 0) is 12.8 Å². The first-order valence-electron chi connectivity index (χ1n) is 7.41. The van der Waals surface area contributed by atoms with Crippen LogP contribution in [0.5, 0.6) is 0 Å². The van der Waals surface area contributed by atoms with Gasteiger partial charge in [-0.2, -0.15) is 11.8 Å². The molecule has 0 saturated carbocycles. The second-order valence-corrected chi connectivity index (χ2v) is 8.58. The smallest absolute Gasteiger partial charge is 0.144 e. The fourth-order valence-corrected chi connectivity index (χ4v) is 4.96. The highest BCUT2D eigenvalue weighted by Crippen LogP contribution is 2.43. The van der Waals surface area contributed by atoms with Crippen LogP contribution in [0.3, 0.4) is 0 Å². The molecule has 0 radical (unpaired) electrons. The van der Waals surface area contributed by atoms with E-state index >= 15 is 0 Å². The van der Waals surface area contributed by atoms with Gasteiger partial charge < -0.3 is 5.32 Å². The molecule has 1 aromatic rings. The van der Waals surface area contributed by atoms with Crippen LogP contribution in [0.2, 0.25) is 0 Å². The first-order chi connectivity index (χ1) is 9.51. The summed E-state index contributed by atoms with van der Waals surface area (Å²) in [4.78, 5) is 9.55. The van der Waals surface area contributed by atoms with Gasteiger partial charge >= 0.3 is 0 Å². The van der Waals surface area contributed by atoms with E-state index < -0.39 is 0 Å². The molecule has 20 heavy (non-hydrogen) atoms. The zero-order valence-electron chi connectivity index (χ0n) is 13.0. The van der Waals surface area contributed by atoms with Gasteiger partial charge in [0.25, 0.3) is 0 Å². The van der Waals surface area contributed by atoms with Crippen LogP contribution >= 0.6 is 23.5 Å². The van der Waals surface area contributed by atoms with E-state index in [1.54, 1.807) is 0 Å². The van der Waals surface area contributed by atoms with E-state index in [0.717, 1.165) is 34.9 Å². The largest absolute Gasteiger partial charge is 0.370 e. The van der Waals surface area contributed by atoms with Crippen molar-refractivity contribution in [2.24, 2.45) is 0 Å². The van der Waals surface area contributed by atoms with E-state index in [9.17, 15) is 0 Å². The summed E-state index contributed by atoms with van der Waals surface area (Å²) < 4.78 is 0. The van der Waals surface area contributed by atoms with Gasteiger partial charge in [-0.1, -0.05) is 27.7 Å². The van der Waals surface area contributed by atoms with Crippen molar-refractivity contribution >= 4 is 29.3 Å².